The molecule has 0 bridgehead atoms. The number of benzene rings is 3. The molecule has 0 aromatic heterocycles. The first-order valence-corrected chi connectivity index (χ1v) is 11.9. The van der Waals surface area contributed by atoms with E-state index < -0.39 is 10.0 Å². The average molecular weight is 436 g/mol. The van der Waals surface area contributed by atoms with Crippen molar-refractivity contribution in [2.24, 2.45) is 0 Å². The lowest BCUT2D eigenvalue weighted by molar-refractivity contribution is 0.102. The van der Waals surface area contributed by atoms with Crippen LogP contribution < -0.4 is 14.5 Å². The first-order chi connectivity index (χ1) is 14.8. The number of carbonyl (C=O) groups excluding carboxylic acids is 1. The Morgan fingerprint density at radius 3 is 2.32 bits per heavy atom. The molecule has 0 atom stereocenters. The number of hydrogen-bond donors (Lipinski definition) is 1. The van der Waals surface area contributed by atoms with Crippen molar-refractivity contribution >= 4 is 33.0 Å². The highest BCUT2D eigenvalue weighted by Crippen LogP contribution is 2.41. The molecule has 1 heterocycles. The highest BCUT2D eigenvalue weighted by atomic mass is 32.2. The van der Waals surface area contributed by atoms with Gasteiger partial charge in [-0.15, -0.1) is 0 Å². The standard InChI is InChI=1S/C24H25N3O3S/c1-26(2)22-12-8-7-11-20(22)24(28)25-21-16-19(17-9-5-4-6-10-17)15-18-13-14-27(23(18)21)31(3,29)30/h4-12,15-16H,13-14H2,1-3H3,(H,25,28). The molecule has 1 aliphatic heterocycles. The van der Waals surface area contributed by atoms with Crippen molar-refractivity contribution in [1.29, 1.82) is 0 Å². The van der Waals surface area contributed by atoms with Gasteiger partial charge in [0.1, 0.15) is 0 Å². The number of amides is 1. The maximum absolute atomic E-state index is 13.2. The lowest BCUT2D eigenvalue weighted by Crippen LogP contribution is -2.28. The zero-order valence-corrected chi connectivity index (χ0v) is 18.6. The molecular formula is C24H25N3O3S. The summed E-state index contributed by atoms with van der Waals surface area (Å²) in [5.74, 6) is -0.280. The van der Waals surface area contributed by atoms with Gasteiger partial charge in [0.05, 0.1) is 23.2 Å². The summed E-state index contributed by atoms with van der Waals surface area (Å²) in [7, 11) is 0.296. The number of anilines is 3. The van der Waals surface area contributed by atoms with Crippen LogP contribution in [0.2, 0.25) is 0 Å². The zero-order chi connectivity index (χ0) is 22.2. The third-order valence-corrected chi connectivity index (χ3v) is 6.57. The molecule has 0 saturated carbocycles. The molecule has 160 valence electrons. The van der Waals surface area contributed by atoms with Crippen LogP contribution in [0.1, 0.15) is 15.9 Å². The topological polar surface area (TPSA) is 69.7 Å². The monoisotopic (exact) mass is 435 g/mol. The van der Waals surface area contributed by atoms with E-state index >= 15 is 0 Å². The smallest absolute Gasteiger partial charge is 0.257 e. The highest BCUT2D eigenvalue weighted by molar-refractivity contribution is 7.92. The molecule has 0 unspecified atom stereocenters. The Kier molecular flexibility index (Phi) is 5.45. The summed E-state index contributed by atoms with van der Waals surface area (Å²) >= 11 is 0. The quantitative estimate of drug-likeness (QED) is 0.658. The highest BCUT2D eigenvalue weighted by Gasteiger charge is 2.30. The zero-order valence-electron chi connectivity index (χ0n) is 17.8. The molecule has 0 spiro atoms. The van der Waals surface area contributed by atoms with Crippen LogP contribution in [0.15, 0.2) is 66.7 Å². The summed E-state index contributed by atoms with van der Waals surface area (Å²) in [6, 6.07) is 21.1. The minimum Gasteiger partial charge on any atom is -0.377 e. The summed E-state index contributed by atoms with van der Waals surface area (Å²) in [6.07, 6.45) is 1.79. The molecular weight excluding hydrogens is 410 g/mol. The van der Waals surface area contributed by atoms with Gasteiger partial charge < -0.3 is 10.2 Å². The number of nitrogens with zero attached hydrogens (tertiary/aromatic N) is 2. The lowest BCUT2D eigenvalue weighted by Gasteiger charge is -2.22. The number of hydrogen-bond acceptors (Lipinski definition) is 4. The van der Waals surface area contributed by atoms with Crippen molar-refractivity contribution in [3.8, 4) is 11.1 Å². The van der Waals surface area contributed by atoms with E-state index in [1.54, 1.807) is 6.07 Å². The van der Waals surface area contributed by atoms with Crippen LogP contribution in [-0.2, 0) is 16.4 Å². The fourth-order valence-electron chi connectivity index (χ4n) is 3.98. The van der Waals surface area contributed by atoms with Gasteiger partial charge in [-0.1, -0.05) is 42.5 Å². The number of carbonyl (C=O) groups is 1. The van der Waals surface area contributed by atoms with Crippen LogP contribution in [0, 0.1) is 0 Å². The van der Waals surface area contributed by atoms with Gasteiger partial charge in [0.25, 0.3) is 5.91 Å². The Hall–Kier alpha value is -3.32. The number of para-hydroxylation sites is 1. The molecule has 7 heteroatoms. The summed E-state index contributed by atoms with van der Waals surface area (Å²) in [4.78, 5) is 15.1. The van der Waals surface area contributed by atoms with Gasteiger partial charge in [-0.2, -0.15) is 0 Å². The van der Waals surface area contributed by atoms with E-state index in [4.69, 9.17) is 0 Å². The van der Waals surface area contributed by atoms with Crippen molar-refractivity contribution < 1.29 is 13.2 Å². The third kappa shape index (κ3) is 4.14. The van der Waals surface area contributed by atoms with E-state index in [0.29, 0.717) is 29.9 Å². The Labute approximate surface area is 183 Å². The SMILES string of the molecule is CN(C)c1ccccc1C(=O)Nc1cc(-c2ccccc2)cc2c1N(S(C)(=O)=O)CC2. The number of nitrogens with one attached hydrogen (secondary N) is 1. The summed E-state index contributed by atoms with van der Waals surface area (Å²) in [5, 5.41) is 2.99. The molecule has 3 aromatic rings. The number of sulfonamides is 1. The second-order valence-electron chi connectivity index (χ2n) is 7.85. The average Bonchev–Trinajstić information content (AvgIpc) is 3.19. The normalized spacial score (nSPS) is 13.1. The molecule has 0 radical (unpaired) electrons. The van der Waals surface area contributed by atoms with Crippen LogP contribution in [-0.4, -0.2) is 41.2 Å². The largest absolute Gasteiger partial charge is 0.377 e. The van der Waals surface area contributed by atoms with Crippen molar-refractivity contribution in [3.05, 3.63) is 77.9 Å². The van der Waals surface area contributed by atoms with Crippen molar-refractivity contribution in [1.82, 2.24) is 0 Å². The van der Waals surface area contributed by atoms with Crippen LogP contribution >= 0.6 is 0 Å². The molecule has 1 aliphatic rings. The maximum Gasteiger partial charge on any atom is 0.257 e. The van der Waals surface area contributed by atoms with E-state index in [1.165, 1.54) is 10.6 Å². The van der Waals surface area contributed by atoms with Crippen molar-refractivity contribution in [2.75, 3.05) is 41.4 Å². The Morgan fingerprint density at radius 1 is 0.968 bits per heavy atom. The summed E-state index contributed by atoms with van der Waals surface area (Å²) < 4.78 is 26.2. The molecule has 3 aromatic carbocycles. The van der Waals surface area contributed by atoms with Crippen LogP contribution in [0.4, 0.5) is 17.1 Å². The van der Waals surface area contributed by atoms with Crippen LogP contribution in [0.3, 0.4) is 0 Å². The summed E-state index contributed by atoms with van der Waals surface area (Å²) in [6.45, 7) is 0.365. The van der Waals surface area contributed by atoms with Crippen LogP contribution in [0.25, 0.3) is 11.1 Å². The van der Waals surface area contributed by atoms with Gasteiger partial charge in [-0.3, -0.25) is 9.10 Å². The fraction of sp³-hybridized carbons (Fsp3) is 0.208. The number of fused-ring (bicyclic) bond motifs is 1. The first-order valence-electron chi connectivity index (χ1n) is 10.0. The molecule has 0 aliphatic carbocycles. The molecule has 6 nitrogen and oxygen atoms in total. The van der Waals surface area contributed by atoms with Crippen molar-refractivity contribution in [2.45, 2.75) is 6.42 Å². The Balaban J connectivity index is 1.83. The van der Waals surface area contributed by atoms with E-state index in [9.17, 15) is 13.2 Å². The molecule has 1 N–H and O–H groups in total. The van der Waals surface area contributed by atoms with Crippen molar-refractivity contribution in [3.63, 3.8) is 0 Å². The van der Waals surface area contributed by atoms with E-state index in [2.05, 4.69) is 5.32 Å². The fourth-order valence-corrected chi connectivity index (χ4v) is 4.95. The Morgan fingerprint density at radius 2 is 1.65 bits per heavy atom. The maximum atomic E-state index is 13.2. The Bertz CT molecular complexity index is 1240. The second-order valence-corrected chi connectivity index (χ2v) is 9.76. The molecule has 0 saturated heterocycles. The molecule has 4 rings (SSSR count). The van der Waals surface area contributed by atoms with E-state index in [1.807, 2.05) is 79.7 Å². The van der Waals surface area contributed by atoms with Gasteiger partial charge in [0, 0.05) is 26.3 Å². The third-order valence-electron chi connectivity index (χ3n) is 5.41. The lowest BCUT2D eigenvalue weighted by atomic mass is 10.00. The molecule has 31 heavy (non-hydrogen) atoms. The van der Waals surface area contributed by atoms with Gasteiger partial charge in [-0.05, 0) is 47.4 Å². The second kappa shape index (κ2) is 8.07. The molecule has 1 amide bonds. The summed E-state index contributed by atoms with van der Waals surface area (Å²) in [5.41, 5.74) is 5.21. The van der Waals surface area contributed by atoms with E-state index in [0.717, 1.165) is 22.4 Å². The van der Waals surface area contributed by atoms with E-state index in [-0.39, 0.29) is 5.91 Å². The van der Waals surface area contributed by atoms with Gasteiger partial charge in [0.15, 0.2) is 0 Å². The number of rotatable bonds is 5. The molecule has 0 fully saturated rings. The predicted molar refractivity (Wildman–Crippen MR) is 126 cm³/mol. The van der Waals surface area contributed by atoms with Gasteiger partial charge >= 0.3 is 0 Å². The first kappa shape index (κ1) is 20.9. The van der Waals surface area contributed by atoms with Gasteiger partial charge in [-0.25, -0.2) is 8.42 Å². The predicted octanol–water partition coefficient (Wildman–Crippen LogP) is 3.99. The van der Waals surface area contributed by atoms with Crippen LogP contribution in [0.5, 0.6) is 0 Å². The minimum absolute atomic E-state index is 0.280. The minimum atomic E-state index is -3.46. The van der Waals surface area contributed by atoms with Gasteiger partial charge in [0.2, 0.25) is 10.0 Å².